The Hall–Kier alpha value is -2.37. The number of carbonyl (C=O) groups is 1. The molecule has 120 valence electrons. The molecule has 5 heteroatoms. The standard InChI is InChI=1S/C18H20N2O3/c19-11-17(21)16-10-14-8-4-5-9-15(14)20(16)18(22)23-12-13-6-2-1-3-7-13/h1-9,16-17,21H,10-12,19H2. The summed E-state index contributed by atoms with van der Waals surface area (Å²) < 4.78 is 5.43. The number of anilines is 1. The zero-order valence-corrected chi connectivity index (χ0v) is 12.8. The summed E-state index contributed by atoms with van der Waals surface area (Å²) in [6.07, 6.45) is -0.669. The van der Waals surface area contributed by atoms with E-state index < -0.39 is 12.2 Å². The minimum absolute atomic E-state index is 0.0983. The number of benzene rings is 2. The molecule has 1 amide bonds. The number of aliphatic hydroxyl groups is 1. The second kappa shape index (κ2) is 6.81. The molecule has 0 radical (unpaired) electrons. The fourth-order valence-corrected chi connectivity index (χ4v) is 2.90. The highest BCUT2D eigenvalue weighted by atomic mass is 16.6. The van der Waals surface area contributed by atoms with E-state index in [0.29, 0.717) is 6.42 Å². The number of aliphatic hydroxyl groups excluding tert-OH is 1. The van der Waals surface area contributed by atoms with Crippen molar-refractivity contribution in [2.24, 2.45) is 5.73 Å². The van der Waals surface area contributed by atoms with Crippen LogP contribution in [0.3, 0.4) is 0 Å². The van der Waals surface area contributed by atoms with Gasteiger partial charge in [-0.3, -0.25) is 4.90 Å². The van der Waals surface area contributed by atoms with E-state index in [1.54, 1.807) is 0 Å². The van der Waals surface area contributed by atoms with Gasteiger partial charge in [-0.05, 0) is 23.6 Å². The van der Waals surface area contributed by atoms with Crippen LogP contribution < -0.4 is 10.6 Å². The number of nitrogens with two attached hydrogens (primary N) is 1. The third-order valence-corrected chi connectivity index (χ3v) is 4.10. The summed E-state index contributed by atoms with van der Waals surface area (Å²) in [5.41, 5.74) is 8.30. The average molecular weight is 312 g/mol. The predicted octanol–water partition coefficient (Wildman–Crippen LogP) is 2.07. The molecular weight excluding hydrogens is 292 g/mol. The van der Waals surface area contributed by atoms with E-state index in [9.17, 15) is 9.90 Å². The molecule has 0 saturated carbocycles. The molecule has 1 aliphatic heterocycles. The lowest BCUT2D eigenvalue weighted by Crippen LogP contribution is -2.48. The number of hydrogen-bond acceptors (Lipinski definition) is 4. The van der Waals surface area contributed by atoms with Crippen molar-refractivity contribution in [1.82, 2.24) is 0 Å². The first kappa shape index (κ1) is 15.5. The number of nitrogens with zero attached hydrogens (tertiary/aromatic N) is 1. The van der Waals surface area contributed by atoms with Gasteiger partial charge in [0.15, 0.2) is 0 Å². The van der Waals surface area contributed by atoms with Gasteiger partial charge in [0.25, 0.3) is 0 Å². The number of ether oxygens (including phenoxy) is 1. The highest BCUT2D eigenvalue weighted by Gasteiger charge is 2.38. The van der Waals surface area contributed by atoms with Crippen molar-refractivity contribution in [2.75, 3.05) is 11.4 Å². The van der Waals surface area contributed by atoms with Crippen LogP contribution in [0.4, 0.5) is 10.5 Å². The van der Waals surface area contributed by atoms with Crippen LogP contribution in [0.1, 0.15) is 11.1 Å². The van der Waals surface area contributed by atoms with Gasteiger partial charge in [-0.1, -0.05) is 48.5 Å². The van der Waals surface area contributed by atoms with E-state index >= 15 is 0 Å². The SMILES string of the molecule is NCC(O)C1Cc2ccccc2N1C(=O)OCc1ccccc1. The van der Waals surface area contributed by atoms with E-state index in [0.717, 1.165) is 16.8 Å². The van der Waals surface area contributed by atoms with Crippen LogP contribution in [0.2, 0.25) is 0 Å². The number of fused-ring (bicyclic) bond motifs is 1. The molecule has 0 fully saturated rings. The number of para-hydroxylation sites is 1. The Balaban J connectivity index is 1.78. The quantitative estimate of drug-likeness (QED) is 0.906. The van der Waals surface area contributed by atoms with E-state index in [2.05, 4.69) is 0 Å². The maximum atomic E-state index is 12.6. The van der Waals surface area contributed by atoms with Crippen LogP contribution in [-0.2, 0) is 17.8 Å². The summed E-state index contributed by atoms with van der Waals surface area (Å²) in [6, 6.07) is 16.7. The smallest absolute Gasteiger partial charge is 0.414 e. The Bertz CT molecular complexity index is 675. The summed E-state index contributed by atoms with van der Waals surface area (Å²) in [5.74, 6) is 0. The molecule has 0 bridgehead atoms. The van der Waals surface area contributed by atoms with E-state index in [1.165, 1.54) is 4.90 Å². The zero-order chi connectivity index (χ0) is 16.2. The minimum Gasteiger partial charge on any atom is -0.444 e. The van der Waals surface area contributed by atoms with Gasteiger partial charge in [-0.15, -0.1) is 0 Å². The van der Waals surface area contributed by atoms with Gasteiger partial charge in [0.1, 0.15) is 6.61 Å². The third-order valence-electron chi connectivity index (χ3n) is 4.10. The lowest BCUT2D eigenvalue weighted by atomic mass is 10.1. The number of carbonyl (C=O) groups excluding carboxylic acids is 1. The number of amides is 1. The molecule has 1 aliphatic rings. The lowest BCUT2D eigenvalue weighted by molar-refractivity contribution is 0.123. The molecule has 0 aliphatic carbocycles. The van der Waals surface area contributed by atoms with Crippen LogP contribution in [0.25, 0.3) is 0 Å². The molecule has 2 aromatic carbocycles. The molecule has 0 aromatic heterocycles. The van der Waals surface area contributed by atoms with Gasteiger partial charge in [0, 0.05) is 6.54 Å². The first-order valence-electron chi connectivity index (χ1n) is 7.66. The lowest BCUT2D eigenvalue weighted by Gasteiger charge is -2.27. The van der Waals surface area contributed by atoms with Crippen LogP contribution in [-0.4, -0.2) is 29.9 Å². The van der Waals surface area contributed by atoms with Gasteiger partial charge in [0.2, 0.25) is 0 Å². The van der Waals surface area contributed by atoms with Gasteiger partial charge in [0.05, 0.1) is 17.8 Å². The number of hydrogen-bond donors (Lipinski definition) is 2. The van der Waals surface area contributed by atoms with Crippen LogP contribution >= 0.6 is 0 Å². The van der Waals surface area contributed by atoms with E-state index in [4.69, 9.17) is 10.5 Å². The largest absolute Gasteiger partial charge is 0.444 e. The maximum Gasteiger partial charge on any atom is 0.414 e. The normalized spacial score (nSPS) is 17.7. The Morgan fingerprint density at radius 3 is 2.65 bits per heavy atom. The summed E-state index contributed by atoms with van der Waals surface area (Å²) in [4.78, 5) is 14.1. The summed E-state index contributed by atoms with van der Waals surface area (Å²) in [5, 5.41) is 10.2. The van der Waals surface area contributed by atoms with Crippen molar-refractivity contribution in [1.29, 1.82) is 0 Å². The molecule has 2 unspecified atom stereocenters. The predicted molar refractivity (Wildman–Crippen MR) is 88.1 cm³/mol. The molecule has 0 spiro atoms. The zero-order valence-electron chi connectivity index (χ0n) is 12.8. The molecule has 3 N–H and O–H groups in total. The van der Waals surface area contributed by atoms with Crippen LogP contribution in [0.15, 0.2) is 54.6 Å². The minimum atomic E-state index is -0.785. The maximum absolute atomic E-state index is 12.6. The topological polar surface area (TPSA) is 75.8 Å². The van der Waals surface area contributed by atoms with Crippen molar-refractivity contribution in [3.05, 3.63) is 65.7 Å². The van der Waals surface area contributed by atoms with E-state index in [1.807, 2.05) is 54.6 Å². The molecular formula is C18H20N2O3. The summed E-state index contributed by atoms with van der Waals surface area (Å²) in [6.45, 7) is 0.297. The Kier molecular flexibility index (Phi) is 4.60. The Labute approximate surface area is 135 Å². The number of rotatable bonds is 4. The third kappa shape index (κ3) is 3.21. The second-order valence-corrected chi connectivity index (χ2v) is 5.61. The van der Waals surface area contributed by atoms with Gasteiger partial charge in [-0.25, -0.2) is 4.79 Å². The highest BCUT2D eigenvalue weighted by molar-refractivity contribution is 5.91. The molecule has 0 saturated heterocycles. The first-order valence-corrected chi connectivity index (χ1v) is 7.66. The first-order chi connectivity index (χ1) is 11.2. The van der Waals surface area contributed by atoms with Gasteiger partial charge in [-0.2, -0.15) is 0 Å². The van der Waals surface area contributed by atoms with E-state index in [-0.39, 0.29) is 19.2 Å². The molecule has 2 atom stereocenters. The molecule has 3 rings (SSSR count). The van der Waals surface area contributed by atoms with Crippen molar-refractivity contribution >= 4 is 11.8 Å². The Morgan fingerprint density at radius 1 is 1.22 bits per heavy atom. The van der Waals surface area contributed by atoms with Crippen molar-refractivity contribution in [3.8, 4) is 0 Å². The molecule has 1 heterocycles. The molecule has 2 aromatic rings. The van der Waals surface area contributed by atoms with Crippen molar-refractivity contribution in [2.45, 2.75) is 25.2 Å². The Morgan fingerprint density at radius 2 is 1.91 bits per heavy atom. The average Bonchev–Trinajstić information content (AvgIpc) is 2.99. The molecule has 23 heavy (non-hydrogen) atoms. The fourth-order valence-electron chi connectivity index (χ4n) is 2.90. The monoisotopic (exact) mass is 312 g/mol. The summed E-state index contributed by atoms with van der Waals surface area (Å²) >= 11 is 0. The van der Waals surface area contributed by atoms with Crippen molar-refractivity contribution in [3.63, 3.8) is 0 Å². The van der Waals surface area contributed by atoms with Crippen molar-refractivity contribution < 1.29 is 14.6 Å². The van der Waals surface area contributed by atoms with Crippen LogP contribution in [0.5, 0.6) is 0 Å². The fraction of sp³-hybridized carbons (Fsp3) is 0.278. The summed E-state index contributed by atoms with van der Waals surface area (Å²) in [7, 11) is 0. The second-order valence-electron chi connectivity index (χ2n) is 5.61. The van der Waals surface area contributed by atoms with Gasteiger partial charge < -0.3 is 15.6 Å². The highest BCUT2D eigenvalue weighted by Crippen LogP contribution is 2.34. The van der Waals surface area contributed by atoms with Gasteiger partial charge >= 0.3 is 6.09 Å². The van der Waals surface area contributed by atoms with Crippen LogP contribution in [0, 0.1) is 0 Å². The molecule has 5 nitrogen and oxygen atoms in total.